The summed E-state index contributed by atoms with van der Waals surface area (Å²) in [6.07, 6.45) is 1.62. The van der Waals surface area contributed by atoms with Gasteiger partial charge in [-0.2, -0.15) is 5.26 Å². The molecular weight excluding hydrogens is 384 g/mol. The van der Waals surface area contributed by atoms with Crippen molar-refractivity contribution < 1.29 is 9.53 Å². The summed E-state index contributed by atoms with van der Waals surface area (Å²) in [5.41, 5.74) is 2.54. The van der Waals surface area contributed by atoms with Gasteiger partial charge in [-0.15, -0.1) is 0 Å². The fraction of sp³-hybridized carbons (Fsp3) is 0.0370. The summed E-state index contributed by atoms with van der Waals surface area (Å²) in [7, 11) is 0. The van der Waals surface area contributed by atoms with Crippen LogP contribution in [0.25, 0.3) is 16.8 Å². The van der Waals surface area contributed by atoms with Gasteiger partial charge in [0.05, 0.1) is 0 Å². The highest BCUT2D eigenvalue weighted by Gasteiger charge is 2.11. The van der Waals surface area contributed by atoms with E-state index in [0.717, 1.165) is 21.9 Å². The topological polar surface area (TPSA) is 62.1 Å². The second-order valence-electron chi connectivity index (χ2n) is 6.99. The molecule has 4 rings (SSSR count). The molecule has 0 radical (unpaired) electrons. The Balaban J connectivity index is 1.45. The van der Waals surface area contributed by atoms with Gasteiger partial charge in [-0.1, -0.05) is 72.8 Å². The number of hydrogen-bond donors (Lipinski definition) is 1. The van der Waals surface area contributed by atoms with Crippen molar-refractivity contribution in [3.05, 3.63) is 114 Å². The maximum absolute atomic E-state index is 12.6. The van der Waals surface area contributed by atoms with E-state index < -0.39 is 5.91 Å². The molecule has 0 unspecified atom stereocenters. The number of hydrogen-bond acceptors (Lipinski definition) is 3. The molecule has 0 atom stereocenters. The summed E-state index contributed by atoms with van der Waals surface area (Å²) < 4.78 is 5.76. The molecule has 4 nitrogen and oxygen atoms in total. The van der Waals surface area contributed by atoms with Crippen molar-refractivity contribution in [1.82, 2.24) is 0 Å². The summed E-state index contributed by atoms with van der Waals surface area (Å²) in [5.74, 6) is 0.252. The molecule has 0 aromatic heterocycles. The molecule has 0 aliphatic rings. The minimum absolute atomic E-state index is 0.0424. The lowest BCUT2D eigenvalue weighted by atomic mass is 10.0. The van der Waals surface area contributed by atoms with E-state index in [9.17, 15) is 10.1 Å². The normalized spacial score (nSPS) is 11.0. The molecule has 0 saturated heterocycles. The van der Waals surface area contributed by atoms with Gasteiger partial charge in [0.1, 0.15) is 24.0 Å². The minimum atomic E-state index is -0.451. The van der Waals surface area contributed by atoms with Gasteiger partial charge < -0.3 is 10.1 Å². The van der Waals surface area contributed by atoms with E-state index in [1.54, 1.807) is 30.3 Å². The zero-order valence-corrected chi connectivity index (χ0v) is 16.8. The van der Waals surface area contributed by atoms with Crippen molar-refractivity contribution in [2.24, 2.45) is 0 Å². The number of fused-ring (bicyclic) bond motifs is 1. The highest BCUT2D eigenvalue weighted by Crippen LogP contribution is 2.22. The molecule has 4 aromatic rings. The van der Waals surface area contributed by atoms with Crippen molar-refractivity contribution in [3.8, 4) is 11.8 Å². The van der Waals surface area contributed by atoms with E-state index in [4.69, 9.17) is 4.74 Å². The molecule has 0 aliphatic carbocycles. The van der Waals surface area contributed by atoms with E-state index in [2.05, 4.69) is 5.32 Å². The minimum Gasteiger partial charge on any atom is -0.489 e. The van der Waals surface area contributed by atoms with Crippen molar-refractivity contribution in [2.45, 2.75) is 6.61 Å². The van der Waals surface area contributed by atoms with Crippen LogP contribution in [-0.4, -0.2) is 5.91 Å². The molecular formula is C27H20N2O2. The molecule has 4 aromatic carbocycles. The number of rotatable bonds is 6. The molecule has 4 heteroatoms. The third-order valence-corrected chi connectivity index (χ3v) is 4.85. The smallest absolute Gasteiger partial charge is 0.266 e. The van der Waals surface area contributed by atoms with Gasteiger partial charge in [-0.25, -0.2) is 0 Å². The van der Waals surface area contributed by atoms with Crippen LogP contribution < -0.4 is 10.1 Å². The number of carbonyl (C=O) groups is 1. The number of nitriles is 1. The van der Waals surface area contributed by atoms with Crippen LogP contribution in [0.1, 0.15) is 11.1 Å². The largest absolute Gasteiger partial charge is 0.489 e. The Morgan fingerprint density at radius 1 is 0.871 bits per heavy atom. The van der Waals surface area contributed by atoms with Crippen LogP contribution in [0.5, 0.6) is 5.75 Å². The Kier molecular flexibility index (Phi) is 6.06. The SMILES string of the molecule is N#C/C(=C\c1cccc2ccccc12)C(=O)Nc1ccc(OCc2ccccc2)cc1. The summed E-state index contributed by atoms with van der Waals surface area (Å²) in [6, 6.07) is 32.7. The van der Waals surface area contributed by atoms with E-state index in [1.165, 1.54) is 0 Å². The predicted molar refractivity (Wildman–Crippen MR) is 123 cm³/mol. The third-order valence-electron chi connectivity index (χ3n) is 4.85. The van der Waals surface area contributed by atoms with Crippen LogP contribution >= 0.6 is 0 Å². The molecule has 0 spiro atoms. The van der Waals surface area contributed by atoms with Crippen molar-refractivity contribution >= 4 is 28.4 Å². The molecule has 1 N–H and O–H groups in total. The van der Waals surface area contributed by atoms with Crippen LogP contribution in [0.4, 0.5) is 5.69 Å². The van der Waals surface area contributed by atoms with Crippen molar-refractivity contribution in [2.75, 3.05) is 5.32 Å². The van der Waals surface area contributed by atoms with Crippen LogP contribution in [0.2, 0.25) is 0 Å². The molecule has 1 amide bonds. The predicted octanol–water partition coefficient (Wildman–Crippen LogP) is 5.96. The molecule has 0 aliphatic heterocycles. The summed E-state index contributed by atoms with van der Waals surface area (Å²) in [4.78, 5) is 12.6. The highest BCUT2D eigenvalue weighted by molar-refractivity contribution is 6.10. The van der Waals surface area contributed by atoms with Crippen molar-refractivity contribution in [1.29, 1.82) is 5.26 Å². The molecule has 31 heavy (non-hydrogen) atoms. The van der Waals surface area contributed by atoms with Gasteiger partial charge in [0.15, 0.2) is 0 Å². The number of nitrogens with zero attached hydrogens (tertiary/aromatic N) is 1. The van der Waals surface area contributed by atoms with Crippen LogP contribution in [0.15, 0.2) is 103 Å². The first kappa shape index (κ1) is 19.9. The van der Waals surface area contributed by atoms with Gasteiger partial charge in [0.2, 0.25) is 0 Å². The van der Waals surface area contributed by atoms with Gasteiger partial charge in [-0.05, 0) is 52.2 Å². The number of benzene rings is 4. The Morgan fingerprint density at radius 3 is 2.35 bits per heavy atom. The lowest BCUT2D eigenvalue weighted by Gasteiger charge is -2.08. The van der Waals surface area contributed by atoms with Gasteiger partial charge in [0, 0.05) is 5.69 Å². The average Bonchev–Trinajstić information content (AvgIpc) is 2.82. The first-order valence-electron chi connectivity index (χ1n) is 9.90. The lowest BCUT2D eigenvalue weighted by molar-refractivity contribution is -0.112. The Hall–Kier alpha value is -4.36. The first-order chi connectivity index (χ1) is 15.2. The number of anilines is 1. The maximum Gasteiger partial charge on any atom is 0.266 e. The molecule has 0 fully saturated rings. The zero-order valence-electron chi connectivity index (χ0n) is 16.8. The molecule has 150 valence electrons. The van der Waals surface area contributed by atoms with Gasteiger partial charge in [-0.3, -0.25) is 4.79 Å². The molecule has 0 heterocycles. The number of carbonyl (C=O) groups excluding carboxylic acids is 1. The number of nitrogens with one attached hydrogen (secondary N) is 1. The second kappa shape index (κ2) is 9.43. The molecule has 0 bridgehead atoms. The Bertz CT molecular complexity index is 1260. The summed E-state index contributed by atoms with van der Waals surface area (Å²) >= 11 is 0. The number of amides is 1. The standard InChI is InChI=1S/C27H20N2O2/c28-18-23(17-22-11-6-10-21-9-4-5-12-26(21)22)27(30)29-24-13-15-25(16-14-24)31-19-20-7-2-1-3-8-20/h1-17H,19H2,(H,29,30)/b23-17+. The average molecular weight is 404 g/mol. The summed E-state index contributed by atoms with van der Waals surface area (Å²) in [5, 5.41) is 14.4. The maximum atomic E-state index is 12.6. The lowest BCUT2D eigenvalue weighted by Crippen LogP contribution is -2.13. The van der Waals surface area contributed by atoms with E-state index in [0.29, 0.717) is 18.0 Å². The van der Waals surface area contributed by atoms with Crippen LogP contribution in [0, 0.1) is 11.3 Å². The van der Waals surface area contributed by atoms with Crippen molar-refractivity contribution in [3.63, 3.8) is 0 Å². The van der Waals surface area contributed by atoms with E-state index >= 15 is 0 Å². The van der Waals surface area contributed by atoms with E-state index in [-0.39, 0.29) is 5.57 Å². The molecule has 0 saturated carbocycles. The summed E-state index contributed by atoms with van der Waals surface area (Å²) in [6.45, 7) is 0.471. The highest BCUT2D eigenvalue weighted by atomic mass is 16.5. The van der Waals surface area contributed by atoms with Gasteiger partial charge in [0.25, 0.3) is 5.91 Å². The fourth-order valence-electron chi connectivity index (χ4n) is 3.25. The zero-order chi connectivity index (χ0) is 21.5. The first-order valence-corrected chi connectivity index (χ1v) is 9.90. The second-order valence-corrected chi connectivity index (χ2v) is 6.99. The Labute approximate surface area is 181 Å². The third kappa shape index (κ3) is 4.98. The van der Waals surface area contributed by atoms with E-state index in [1.807, 2.05) is 78.9 Å². The number of ether oxygens (including phenoxy) is 1. The quantitative estimate of drug-likeness (QED) is 0.318. The fourth-order valence-corrected chi connectivity index (χ4v) is 3.25. The monoisotopic (exact) mass is 404 g/mol. The van der Waals surface area contributed by atoms with Crippen LogP contribution in [-0.2, 0) is 11.4 Å². The Morgan fingerprint density at radius 2 is 1.58 bits per heavy atom. The van der Waals surface area contributed by atoms with Gasteiger partial charge >= 0.3 is 0 Å². The van der Waals surface area contributed by atoms with Crippen LogP contribution in [0.3, 0.4) is 0 Å².